The number of carbonyl (C=O) groups is 3. The third kappa shape index (κ3) is 2.34. The summed E-state index contributed by atoms with van der Waals surface area (Å²) < 4.78 is 22.0. The molecule has 7 nitrogen and oxygen atoms in total. The summed E-state index contributed by atoms with van der Waals surface area (Å²) in [4.78, 5) is 35.4. The Balaban J connectivity index is 1.90. The molecular formula is C16H20O7. The molecule has 3 aliphatic rings. The van der Waals surface area contributed by atoms with Gasteiger partial charge in [-0.2, -0.15) is 0 Å². The second-order valence-electron chi connectivity index (χ2n) is 6.87. The third-order valence-electron chi connectivity index (χ3n) is 4.71. The smallest absolute Gasteiger partial charge is 0.333 e. The molecule has 0 aromatic rings. The third-order valence-corrected chi connectivity index (χ3v) is 4.71. The van der Waals surface area contributed by atoms with Crippen molar-refractivity contribution in [3.63, 3.8) is 0 Å². The van der Waals surface area contributed by atoms with Gasteiger partial charge in [0.25, 0.3) is 0 Å². The van der Waals surface area contributed by atoms with E-state index in [0.29, 0.717) is 0 Å². The molecule has 23 heavy (non-hydrogen) atoms. The van der Waals surface area contributed by atoms with E-state index < -0.39 is 59.8 Å². The molecule has 0 aromatic heterocycles. The van der Waals surface area contributed by atoms with Gasteiger partial charge in [0.05, 0.1) is 5.92 Å². The lowest BCUT2D eigenvalue weighted by atomic mass is 9.70. The molecule has 0 saturated carbocycles. The first kappa shape index (κ1) is 16.0. The lowest BCUT2D eigenvalue weighted by Gasteiger charge is -2.38. The van der Waals surface area contributed by atoms with Gasteiger partial charge in [0.1, 0.15) is 17.8 Å². The summed E-state index contributed by atoms with van der Waals surface area (Å²) in [5.74, 6) is -2.36. The monoisotopic (exact) mass is 324 g/mol. The van der Waals surface area contributed by atoms with Crippen LogP contribution in [-0.2, 0) is 33.3 Å². The van der Waals surface area contributed by atoms with Crippen molar-refractivity contribution in [2.45, 2.75) is 57.7 Å². The summed E-state index contributed by atoms with van der Waals surface area (Å²) in [5.41, 5.74) is -0.692. The van der Waals surface area contributed by atoms with Crippen molar-refractivity contribution >= 4 is 17.9 Å². The van der Waals surface area contributed by atoms with Crippen molar-refractivity contribution < 1.29 is 33.3 Å². The molecule has 2 bridgehead atoms. The van der Waals surface area contributed by atoms with E-state index in [1.54, 1.807) is 20.8 Å². The van der Waals surface area contributed by atoms with Crippen molar-refractivity contribution in [3.8, 4) is 0 Å². The number of hydrogen-bond donors (Lipinski definition) is 0. The maximum Gasteiger partial charge on any atom is 0.333 e. The normalized spacial score (nSPS) is 37.5. The van der Waals surface area contributed by atoms with Gasteiger partial charge in [-0.1, -0.05) is 6.58 Å². The highest BCUT2D eigenvalue weighted by molar-refractivity contribution is 5.87. The van der Waals surface area contributed by atoms with Gasteiger partial charge < -0.3 is 18.9 Å². The number of esters is 3. The highest BCUT2D eigenvalue weighted by Gasteiger charge is 2.72. The van der Waals surface area contributed by atoms with Crippen molar-refractivity contribution in [2.75, 3.05) is 0 Å². The zero-order chi connectivity index (χ0) is 17.1. The second kappa shape index (κ2) is 5.06. The van der Waals surface area contributed by atoms with E-state index in [2.05, 4.69) is 6.58 Å². The van der Waals surface area contributed by atoms with Crippen LogP contribution in [0.5, 0.6) is 0 Å². The number of rotatable bonds is 4. The molecule has 126 valence electrons. The van der Waals surface area contributed by atoms with E-state index in [0.717, 1.165) is 0 Å². The summed E-state index contributed by atoms with van der Waals surface area (Å²) in [6.45, 7) is 9.85. The zero-order valence-corrected chi connectivity index (χ0v) is 13.5. The lowest BCUT2D eigenvalue weighted by molar-refractivity contribution is -0.169. The summed E-state index contributed by atoms with van der Waals surface area (Å²) in [7, 11) is 0. The van der Waals surface area contributed by atoms with Crippen LogP contribution in [0, 0.1) is 11.8 Å². The number of ether oxygens (including phenoxy) is 4. The average molecular weight is 324 g/mol. The van der Waals surface area contributed by atoms with E-state index in [9.17, 15) is 14.4 Å². The van der Waals surface area contributed by atoms with Crippen LogP contribution in [0.1, 0.15) is 27.7 Å². The van der Waals surface area contributed by atoms with Crippen LogP contribution in [0.2, 0.25) is 0 Å². The molecule has 6 atom stereocenters. The molecule has 3 fully saturated rings. The fourth-order valence-electron chi connectivity index (χ4n) is 3.95. The van der Waals surface area contributed by atoms with Crippen LogP contribution in [0.15, 0.2) is 12.2 Å². The Hall–Kier alpha value is -1.89. The van der Waals surface area contributed by atoms with Gasteiger partial charge >= 0.3 is 17.9 Å². The van der Waals surface area contributed by atoms with Gasteiger partial charge in [0.15, 0.2) is 12.2 Å². The van der Waals surface area contributed by atoms with Crippen LogP contribution < -0.4 is 0 Å². The maximum atomic E-state index is 12.2. The quantitative estimate of drug-likeness (QED) is 0.428. The van der Waals surface area contributed by atoms with Crippen LogP contribution in [-0.4, -0.2) is 47.9 Å². The van der Waals surface area contributed by atoms with Gasteiger partial charge in [-0.05, 0) is 20.8 Å². The fraction of sp³-hybridized carbons (Fsp3) is 0.688. The topological polar surface area (TPSA) is 88.1 Å². The first-order chi connectivity index (χ1) is 10.6. The Morgan fingerprint density at radius 1 is 1.17 bits per heavy atom. The molecule has 0 spiro atoms. The predicted molar refractivity (Wildman–Crippen MR) is 76.1 cm³/mol. The second-order valence-corrected chi connectivity index (χ2v) is 6.87. The standard InChI is InChI=1S/C16H20O7/c1-6(2)14(18)21-13-11-9(16(4,5)23-7(3)17)8-10(20-11)12(13)22-15(8)19/h8-13H,1H2,2-5H3. The first-order valence-electron chi connectivity index (χ1n) is 7.55. The number of carbonyl (C=O) groups excluding carboxylic acids is 3. The molecule has 0 aliphatic carbocycles. The Morgan fingerprint density at radius 2 is 1.83 bits per heavy atom. The Bertz CT molecular complexity index is 593. The summed E-state index contributed by atoms with van der Waals surface area (Å²) in [6.07, 6.45) is -2.36. The molecule has 0 aromatic carbocycles. The molecule has 3 aliphatic heterocycles. The van der Waals surface area contributed by atoms with Crippen LogP contribution in [0.4, 0.5) is 0 Å². The summed E-state index contributed by atoms with van der Waals surface area (Å²) in [6, 6.07) is 0. The van der Waals surface area contributed by atoms with Gasteiger partial charge in [-0.15, -0.1) is 0 Å². The predicted octanol–water partition coefficient (Wildman–Crippen LogP) is 0.755. The van der Waals surface area contributed by atoms with Gasteiger partial charge in [0, 0.05) is 18.4 Å². The van der Waals surface area contributed by atoms with Crippen molar-refractivity contribution in [1.29, 1.82) is 0 Å². The number of fused-ring (bicyclic) bond motifs is 1. The SMILES string of the molecule is C=C(C)C(=O)OC1C2OC(=O)C3C2OC1C3C(C)(C)OC(C)=O. The molecular weight excluding hydrogens is 304 g/mol. The van der Waals surface area contributed by atoms with E-state index in [-0.39, 0.29) is 5.57 Å². The Morgan fingerprint density at radius 3 is 2.39 bits per heavy atom. The maximum absolute atomic E-state index is 12.2. The van der Waals surface area contributed by atoms with E-state index in [4.69, 9.17) is 18.9 Å². The van der Waals surface area contributed by atoms with Crippen molar-refractivity contribution in [2.24, 2.45) is 11.8 Å². The first-order valence-corrected chi connectivity index (χ1v) is 7.55. The minimum absolute atomic E-state index is 0.254. The molecule has 7 heteroatoms. The Kier molecular flexibility index (Phi) is 3.51. The lowest BCUT2D eigenvalue weighted by Crippen LogP contribution is -2.53. The van der Waals surface area contributed by atoms with Gasteiger partial charge in [-0.25, -0.2) is 4.79 Å². The highest BCUT2D eigenvalue weighted by Crippen LogP contribution is 2.55. The largest absolute Gasteiger partial charge is 0.459 e. The fourth-order valence-corrected chi connectivity index (χ4v) is 3.95. The molecule has 3 rings (SSSR count). The molecule has 0 radical (unpaired) electrons. The summed E-state index contributed by atoms with van der Waals surface area (Å²) >= 11 is 0. The Labute approximate surface area is 133 Å². The van der Waals surface area contributed by atoms with Crippen LogP contribution >= 0.6 is 0 Å². The molecule has 3 saturated heterocycles. The van der Waals surface area contributed by atoms with E-state index in [1.807, 2.05) is 0 Å². The molecule has 3 heterocycles. The van der Waals surface area contributed by atoms with E-state index >= 15 is 0 Å². The average Bonchev–Trinajstić information content (AvgIpc) is 2.99. The minimum atomic E-state index is -0.946. The summed E-state index contributed by atoms with van der Waals surface area (Å²) in [5, 5.41) is 0. The van der Waals surface area contributed by atoms with Crippen molar-refractivity contribution in [1.82, 2.24) is 0 Å². The van der Waals surface area contributed by atoms with Gasteiger partial charge in [0.2, 0.25) is 0 Å². The zero-order valence-electron chi connectivity index (χ0n) is 13.5. The molecule has 6 unspecified atom stereocenters. The molecule has 0 N–H and O–H groups in total. The van der Waals surface area contributed by atoms with Gasteiger partial charge in [-0.3, -0.25) is 9.59 Å². The van der Waals surface area contributed by atoms with Crippen LogP contribution in [0.3, 0.4) is 0 Å². The minimum Gasteiger partial charge on any atom is -0.459 e. The van der Waals surface area contributed by atoms with Crippen LogP contribution in [0.25, 0.3) is 0 Å². The molecule has 0 amide bonds. The van der Waals surface area contributed by atoms with E-state index in [1.165, 1.54) is 6.92 Å². The highest BCUT2D eigenvalue weighted by atomic mass is 16.7. The van der Waals surface area contributed by atoms with Crippen molar-refractivity contribution in [3.05, 3.63) is 12.2 Å². The number of hydrogen-bond acceptors (Lipinski definition) is 7.